The van der Waals surface area contributed by atoms with Gasteiger partial charge < -0.3 is 19.7 Å². The molecule has 0 radical (unpaired) electrons. The van der Waals surface area contributed by atoms with E-state index in [-0.39, 0.29) is 17.9 Å². The maximum Gasteiger partial charge on any atom is 0.227 e. The Morgan fingerprint density at radius 1 is 1.10 bits per heavy atom. The molecule has 2 aliphatic heterocycles. The second-order valence-electron chi connectivity index (χ2n) is 8.79. The quantitative estimate of drug-likeness (QED) is 0.796. The maximum absolute atomic E-state index is 13.1. The summed E-state index contributed by atoms with van der Waals surface area (Å²) in [5.74, 6) is 0.284. The minimum absolute atomic E-state index is 0.128. The van der Waals surface area contributed by atoms with Crippen LogP contribution in [-0.4, -0.2) is 76.8 Å². The summed E-state index contributed by atoms with van der Waals surface area (Å²) < 4.78 is 0. The van der Waals surface area contributed by atoms with Crippen molar-refractivity contribution >= 4 is 22.7 Å². The number of likely N-dealkylation sites (tertiary alicyclic amines) is 2. The SMILES string of the molecule is CC(=O)N(CCN1CCCCC1)C1CCCN(C(=O)Cc2c[nH]c3ccccc23)C1. The van der Waals surface area contributed by atoms with Crippen LogP contribution in [0.1, 0.15) is 44.6 Å². The van der Waals surface area contributed by atoms with Crippen molar-refractivity contribution in [3.63, 3.8) is 0 Å². The third kappa shape index (κ3) is 4.86. The van der Waals surface area contributed by atoms with E-state index in [2.05, 4.69) is 16.0 Å². The number of nitrogens with one attached hydrogen (secondary N) is 1. The molecule has 1 N–H and O–H groups in total. The molecule has 3 heterocycles. The number of carbonyl (C=O) groups excluding carboxylic acids is 2. The van der Waals surface area contributed by atoms with E-state index in [9.17, 15) is 9.59 Å². The molecule has 4 rings (SSSR count). The molecule has 1 atom stereocenters. The summed E-state index contributed by atoms with van der Waals surface area (Å²) in [5, 5.41) is 1.12. The first-order valence-corrected chi connectivity index (χ1v) is 11.4. The van der Waals surface area contributed by atoms with Crippen LogP contribution in [0.5, 0.6) is 0 Å². The first-order chi connectivity index (χ1) is 14.6. The first kappa shape index (κ1) is 20.9. The normalized spacial score (nSPS) is 20.4. The van der Waals surface area contributed by atoms with E-state index < -0.39 is 0 Å². The molecule has 1 aromatic heterocycles. The lowest BCUT2D eigenvalue weighted by Gasteiger charge is -2.40. The van der Waals surface area contributed by atoms with Crippen LogP contribution in [0, 0.1) is 0 Å². The number of nitrogens with zero attached hydrogens (tertiary/aromatic N) is 3. The number of rotatable bonds is 6. The van der Waals surface area contributed by atoms with E-state index in [1.807, 2.05) is 34.2 Å². The molecule has 162 valence electrons. The van der Waals surface area contributed by atoms with Crippen LogP contribution in [0.3, 0.4) is 0 Å². The van der Waals surface area contributed by atoms with Gasteiger partial charge in [0, 0.05) is 56.2 Å². The highest BCUT2D eigenvalue weighted by Gasteiger charge is 2.29. The van der Waals surface area contributed by atoms with Gasteiger partial charge in [0.2, 0.25) is 11.8 Å². The molecule has 30 heavy (non-hydrogen) atoms. The van der Waals surface area contributed by atoms with Crippen LogP contribution in [0.15, 0.2) is 30.5 Å². The van der Waals surface area contributed by atoms with Crippen molar-refractivity contribution in [2.75, 3.05) is 39.3 Å². The summed E-state index contributed by atoms with van der Waals surface area (Å²) >= 11 is 0. The van der Waals surface area contributed by atoms with Gasteiger partial charge in [0.1, 0.15) is 0 Å². The molecule has 2 aliphatic rings. The molecular formula is C24H34N4O2. The van der Waals surface area contributed by atoms with Crippen molar-refractivity contribution in [3.05, 3.63) is 36.0 Å². The third-order valence-corrected chi connectivity index (χ3v) is 6.72. The first-order valence-electron chi connectivity index (χ1n) is 11.4. The van der Waals surface area contributed by atoms with Gasteiger partial charge in [-0.05, 0) is 50.4 Å². The Hall–Kier alpha value is -2.34. The fourth-order valence-corrected chi connectivity index (χ4v) is 5.02. The molecule has 2 amide bonds. The van der Waals surface area contributed by atoms with Gasteiger partial charge in [-0.1, -0.05) is 24.6 Å². The van der Waals surface area contributed by atoms with Crippen LogP contribution in [-0.2, 0) is 16.0 Å². The van der Waals surface area contributed by atoms with Gasteiger partial charge in [-0.2, -0.15) is 0 Å². The average molecular weight is 411 g/mol. The minimum atomic E-state index is 0.128. The molecule has 6 heteroatoms. The predicted octanol–water partition coefficient (Wildman–Crippen LogP) is 3.04. The zero-order valence-corrected chi connectivity index (χ0v) is 18.1. The molecular weight excluding hydrogens is 376 g/mol. The minimum Gasteiger partial charge on any atom is -0.361 e. The Morgan fingerprint density at radius 3 is 2.70 bits per heavy atom. The Kier molecular flexibility index (Phi) is 6.72. The molecule has 2 fully saturated rings. The number of hydrogen-bond donors (Lipinski definition) is 1. The molecule has 1 aromatic carbocycles. The van der Waals surface area contributed by atoms with Gasteiger partial charge in [-0.25, -0.2) is 0 Å². The topological polar surface area (TPSA) is 59.7 Å². The Balaban J connectivity index is 1.37. The molecule has 0 saturated carbocycles. The van der Waals surface area contributed by atoms with E-state index in [4.69, 9.17) is 0 Å². The van der Waals surface area contributed by atoms with Crippen molar-refractivity contribution in [1.29, 1.82) is 0 Å². The average Bonchev–Trinajstić information content (AvgIpc) is 3.17. The number of amides is 2. The highest BCUT2D eigenvalue weighted by atomic mass is 16.2. The zero-order valence-electron chi connectivity index (χ0n) is 18.1. The fraction of sp³-hybridized carbons (Fsp3) is 0.583. The van der Waals surface area contributed by atoms with E-state index in [1.165, 1.54) is 19.3 Å². The lowest BCUT2D eigenvalue weighted by molar-refractivity contribution is -0.138. The van der Waals surface area contributed by atoms with Crippen molar-refractivity contribution in [2.24, 2.45) is 0 Å². The van der Waals surface area contributed by atoms with E-state index >= 15 is 0 Å². The van der Waals surface area contributed by atoms with Crippen LogP contribution in [0.2, 0.25) is 0 Å². The summed E-state index contributed by atoms with van der Waals surface area (Å²) in [6.07, 6.45) is 8.14. The number of fused-ring (bicyclic) bond motifs is 1. The Labute approximate surface area is 179 Å². The van der Waals surface area contributed by atoms with E-state index in [0.29, 0.717) is 13.0 Å². The molecule has 2 aromatic rings. The van der Waals surface area contributed by atoms with Gasteiger partial charge in [0.25, 0.3) is 0 Å². The number of H-pyrrole nitrogens is 1. The predicted molar refractivity (Wildman–Crippen MR) is 119 cm³/mol. The molecule has 2 saturated heterocycles. The van der Waals surface area contributed by atoms with Crippen LogP contribution in [0.25, 0.3) is 10.9 Å². The molecule has 6 nitrogen and oxygen atoms in total. The van der Waals surface area contributed by atoms with Crippen molar-refractivity contribution in [2.45, 2.75) is 51.5 Å². The van der Waals surface area contributed by atoms with Gasteiger partial charge >= 0.3 is 0 Å². The van der Waals surface area contributed by atoms with Crippen LogP contribution < -0.4 is 0 Å². The lowest BCUT2D eigenvalue weighted by Crippen LogP contribution is -2.53. The summed E-state index contributed by atoms with van der Waals surface area (Å²) in [7, 11) is 0. The van der Waals surface area contributed by atoms with Gasteiger partial charge in [0.15, 0.2) is 0 Å². The second-order valence-corrected chi connectivity index (χ2v) is 8.79. The van der Waals surface area contributed by atoms with Gasteiger partial charge in [-0.3, -0.25) is 9.59 Å². The third-order valence-electron chi connectivity index (χ3n) is 6.72. The molecule has 0 aliphatic carbocycles. The monoisotopic (exact) mass is 410 g/mol. The zero-order chi connectivity index (χ0) is 20.9. The smallest absolute Gasteiger partial charge is 0.227 e. The van der Waals surface area contributed by atoms with Crippen molar-refractivity contribution in [3.8, 4) is 0 Å². The summed E-state index contributed by atoms with van der Waals surface area (Å²) in [6, 6.07) is 8.24. The standard InChI is InChI=1S/C24H34N4O2/c1-19(29)28(15-14-26-11-5-2-6-12-26)21-8-7-13-27(18-21)24(30)16-20-17-25-23-10-4-3-9-22(20)23/h3-4,9-10,17,21,25H,2,5-8,11-16,18H2,1H3. The number of piperidine rings is 2. The second kappa shape index (κ2) is 9.65. The molecule has 0 bridgehead atoms. The number of benzene rings is 1. The van der Waals surface area contributed by atoms with Crippen molar-refractivity contribution < 1.29 is 9.59 Å². The Morgan fingerprint density at radius 2 is 1.90 bits per heavy atom. The van der Waals surface area contributed by atoms with Crippen LogP contribution in [0.4, 0.5) is 0 Å². The largest absolute Gasteiger partial charge is 0.361 e. The summed E-state index contributed by atoms with van der Waals surface area (Å²) in [4.78, 5) is 35.2. The van der Waals surface area contributed by atoms with Gasteiger partial charge in [-0.15, -0.1) is 0 Å². The molecule has 0 spiro atoms. The number of carbonyl (C=O) groups is 2. The van der Waals surface area contributed by atoms with Crippen molar-refractivity contribution in [1.82, 2.24) is 19.7 Å². The number of hydrogen-bond acceptors (Lipinski definition) is 3. The maximum atomic E-state index is 13.1. The van der Waals surface area contributed by atoms with E-state index in [1.54, 1.807) is 6.92 Å². The highest BCUT2D eigenvalue weighted by molar-refractivity contribution is 5.89. The number of aromatic nitrogens is 1. The van der Waals surface area contributed by atoms with Crippen LogP contribution >= 0.6 is 0 Å². The van der Waals surface area contributed by atoms with Gasteiger partial charge in [0.05, 0.1) is 6.42 Å². The number of aromatic amines is 1. The molecule has 1 unspecified atom stereocenters. The van der Waals surface area contributed by atoms with E-state index in [0.717, 1.165) is 62.0 Å². The summed E-state index contributed by atoms with van der Waals surface area (Å²) in [5.41, 5.74) is 2.11. The Bertz CT molecular complexity index is 871. The lowest BCUT2D eigenvalue weighted by atomic mass is 10.0. The number of para-hydroxylation sites is 1. The summed E-state index contributed by atoms with van der Waals surface area (Å²) in [6.45, 7) is 7.11. The fourth-order valence-electron chi connectivity index (χ4n) is 5.02. The highest BCUT2D eigenvalue weighted by Crippen LogP contribution is 2.21.